The van der Waals surface area contributed by atoms with Crippen molar-refractivity contribution < 1.29 is 9.53 Å². The number of hydrogen-bond acceptors (Lipinski definition) is 6. The molecule has 1 saturated carbocycles. The number of nitrogens with one attached hydrogen (secondary N) is 1. The first-order valence-corrected chi connectivity index (χ1v) is 10.6. The Morgan fingerprint density at radius 2 is 2.00 bits per heavy atom. The third kappa shape index (κ3) is 4.27. The third-order valence-electron chi connectivity index (χ3n) is 5.96. The van der Waals surface area contributed by atoms with Crippen LogP contribution in [0.3, 0.4) is 0 Å². The Morgan fingerprint density at radius 3 is 2.71 bits per heavy atom. The first kappa shape index (κ1) is 21.3. The largest absolute Gasteiger partial charge is 0.467 e. The number of carbonyl (C=O) groups is 1. The molecule has 0 aromatic carbocycles. The van der Waals surface area contributed by atoms with E-state index in [2.05, 4.69) is 20.3 Å². The van der Waals surface area contributed by atoms with Crippen LogP contribution in [0.25, 0.3) is 11.2 Å². The molecule has 0 atom stereocenters. The van der Waals surface area contributed by atoms with Crippen molar-refractivity contribution in [2.45, 2.75) is 45.2 Å². The van der Waals surface area contributed by atoms with E-state index < -0.39 is 0 Å². The van der Waals surface area contributed by atoms with Crippen LogP contribution >= 0.6 is 11.6 Å². The van der Waals surface area contributed by atoms with Gasteiger partial charge in [-0.05, 0) is 44.6 Å². The first-order valence-electron chi connectivity index (χ1n) is 10.3. The fourth-order valence-corrected chi connectivity index (χ4v) is 4.34. The van der Waals surface area contributed by atoms with Crippen LogP contribution in [0.2, 0.25) is 5.02 Å². The van der Waals surface area contributed by atoms with Crippen molar-refractivity contribution in [3.8, 4) is 6.01 Å². The summed E-state index contributed by atoms with van der Waals surface area (Å²) >= 11 is 5.98. The summed E-state index contributed by atoms with van der Waals surface area (Å²) in [4.78, 5) is 38.0. The molecule has 1 aliphatic rings. The van der Waals surface area contributed by atoms with Gasteiger partial charge in [0.25, 0.3) is 5.91 Å². The van der Waals surface area contributed by atoms with E-state index in [0.717, 1.165) is 25.7 Å². The number of rotatable bonds is 5. The number of pyridine rings is 1. The van der Waals surface area contributed by atoms with Gasteiger partial charge in [0.05, 0.1) is 29.6 Å². The zero-order valence-electron chi connectivity index (χ0n) is 17.8. The molecule has 3 aromatic heterocycles. The van der Waals surface area contributed by atoms with Crippen molar-refractivity contribution in [1.82, 2.24) is 29.4 Å². The van der Waals surface area contributed by atoms with E-state index in [4.69, 9.17) is 16.3 Å². The minimum atomic E-state index is -0.146. The molecule has 31 heavy (non-hydrogen) atoms. The number of aromatic nitrogens is 5. The molecule has 0 bridgehead atoms. The number of ether oxygens (including phenoxy) is 1. The molecular weight excluding hydrogens is 420 g/mol. The van der Waals surface area contributed by atoms with Gasteiger partial charge in [-0.1, -0.05) is 11.6 Å². The quantitative estimate of drug-likeness (QED) is 0.648. The van der Waals surface area contributed by atoms with E-state index in [-0.39, 0.29) is 23.6 Å². The minimum absolute atomic E-state index is 0.0963. The molecule has 1 amide bonds. The van der Waals surface area contributed by atoms with Gasteiger partial charge in [-0.15, -0.1) is 0 Å². The number of amides is 1. The van der Waals surface area contributed by atoms with Gasteiger partial charge < -0.3 is 10.1 Å². The number of imidazole rings is 1. The van der Waals surface area contributed by atoms with E-state index in [0.29, 0.717) is 39.9 Å². The molecule has 0 radical (unpaired) electrons. The Kier molecular flexibility index (Phi) is 5.95. The molecular formula is C21H25ClN6O3. The molecule has 1 fully saturated rings. The highest BCUT2D eigenvalue weighted by Crippen LogP contribution is 2.27. The second-order valence-electron chi connectivity index (χ2n) is 8.00. The lowest BCUT2D eigenvalue weighted by atomic mass is 9.85. The zero-order chi connectivity index (χ0) is 22.1. The number of carbonyl (C=O) groups excluding carboxylic acids is 1. The van der Waals surface area contributed by atoms with Crippen molar-refractivity contribution in [3.05, 3.63) is 45.2 Å². The van der Waals surface area contributed by atoms with Gasteiger partial charge in [0.1, 0.15) is 5.52 Å². The maximum absolute atomic E-state index is 12.7. The van der Waals surface area contributed by atoms with Crippen LogP contribution in [-0.2, 0) is 13.6 Å². The van der Waals surface area contributed by atoms with Crippen LogP contribution < -0.4 is 15.7 Å². The normalized spacial score (nSPS) is 18.8. The van der Waals surface area contributed by atoms with Gasteiger partial charge >= 0.3 is 11.7 Å². The predicted molar refractivity (Wildman–Crippen MR) is 117 cm³/mol. The first-order chi connectivity index (χ1) is 14.9. The number of fused-ring (bicyclic) bond motifs is 1. The topological polar surface area (TPSA) is 104 Å². The summed E-state index contributed by atoms with van der Waals surface area (Å²) in [5.74, 6) is 0.195. The fourth-order valence-electron chi connectivity index (χ4n) is 4.19. The van der Waals surface area contributed by atoms with Gasteiger partial charge in [-0.25, -0.2) is 9.78 Å². The van der Waals surface area contributed by atoms with Crippen molar-refractivity contribution in [2.75, 3.05) is 7.11 Å². The highest BCUT2D eigenvalue weighted by atomic mass is 35.5. The Labute approximate surface area is 184 Å². The van der Waals surface area contributed by atoms with Crippen molar-refractivity contribution >= 4 is 28.7 Å². The van der Waals surface area contributed by atoms with E-state index in [1.54, 1.807) is 30.8 Å². The Morgan fingerprint density at radius 1 is 1.26 bits per heavy atom. The third-order valence-corrected chi connectivity index (χ3v) is 6.16. The molecule has 1 N–H and O–H groups in total. The summed E-state index contributed by atoms with van der Waals surface area (Å²) in [7, 11) is 3.20. The van der Waals surface area contributed by atoms with Gasteiger partial charge in [-0.2, -0.15) is 4.98 Å². The number of halogens is 1. The van der Waals surface area contributed by atoms with E-state index in [1.807, 2.05) is 0 Å². The van der Waals surface area contributed by atoms with Crippen molar-refractivity contribution in [3.63, 3.8) is 0 Å². The number of hydrogen-bond donors (Lipinski definition) is 1. The summed E-state index contributed by atoms with van der Waals surface area (Å²) in [6, 6.07) is 1.98. The highest BCUT2D eigenvalue weighted by molar-refractivity contribution is 6.30. The Bertz CT molecular complexity index is 1180. The second-order valence-corrected chi connectivity index (χ2v) is 8.43. The number of nitrogens with zero attached hydrogens (tertiary/aromatic N) is 5. The van der Waals surface area contributed by atoms with Crippen molar-refractivity contribution in [2.24, 2.45) is 13.0 Å². The Balaban J connectivity index is 1.41. The molecule has 164 valence electrons. The summed E-state index contributed by atoms with van der Waals surface area (Å²) in [6.07, 6.45) is 6.71. The molecule has 10 heteroatoms. The molecule has 9 nitrogen and oxygen atoms in total. The van der Waals surface area contributed by atoms with E-state index >= 15 is 0 Å². The lowest BCUT2D eigenvalue weighted by molar-refractivity contribution is 0.0919. The molecule has 4 rings (SSSR count). The maximum atomic E-state index is 12.7. The minimum Gasteiger partial charge on any atom is -0.467 e. The summed E-state index contributed by atoms with van der Waals surface area (Å²) < 4.78 is 8.33. The molecule has 0 aliphatic heterocycles. The molecule has 0 saturated heterocycles. The monoisotopic (exact) mass is 444 g/mol. The molecule has 3 heterocycles. The molecule has 0 unspecified atom stereocenters. The second kappa shape index (κ2) is 8.66. The van der Waals surface area contributed by atoms with Crippen molar-refractivity contribution in [1.29, 1.82) is 0 Å². The van der Waals surface area contributed by atoms with Crippen LogP contribution in [0.1, 0.15) is 41.7 Å². The smallest absolute Gasteiger partial charge is 0.330 e. The molecule has 3 aromatic rings. The highest BCUT2D eigenvalue weighted by Gasteiger charge is 2.25. The van der Waals surface area contributed by atoms with E-state index in [9.17, 15) is 9.59 Å². The van der Waals surface area contributed by atoms with Crippen LogP contribution in [0.4, 0.5) is 0 Å². The Hall–Kier alpha value is -2.94. The average molecular weight is 445 g/mol. The van der Waals surface area contributed by atoms with Crippen LogP contribution in [0, 0.1) is 12.8 Å². The predicted octanol–water partition coefficient (Wildman–Crippen LogP) is 2.48. The van der Waals surface area contributed by atoms with Crippen LogP contribution in [0.15, 0.2) is 23.3 Å². The average Bonchev–Trinajstić information content (AvgIpc) is 3.01. The van der Waals surface area contributed by atoms with Gasteiger partial charge in [-0.3, -0.25) is 18.9 Å². The molecule has 1 aliphatic carbocycles. The zero-order valence-corrected chi connectivity index (χ0v) is 18.5. The fraction of sp³-hybridized carbons (Fsp3) is 0.476. The van der Waals surface area contributed by atoms with E-state index in [1.165, 1.54) is 17.9 Å². The van der Waals surface area contributed by atoms with Gasteiger partial charge in [0.15, 0.2) is 5.65 Å². The lowest BCUT2D eigenvalue weighted by Crippen LogP contribution is -2.39. The summed E-state index contributed by atoms with van der Waals surface area (Å²) in [5, 5.41) is 3.55. The number of aryl methyl sites for hydroxylation is 2. The summed E-state index contributed by atoms with van der Waals surface area (Å²) in [5.41, 5.74) is 2.31. The number of methoxy groups -OCH3 is 1. The summed E-state index contributed by atoms with van der Waals surface area (Å²) in [6.45, 7) is 2.40. The van der Waals surface area contributed by atoms with Gasteiger partial charge in [0.2, 0.25) is 0 Å². The maximum Gasteiger partial charge on any atom is 0.330 e. The van der Waals surface area contributed by atoms with Crippen LogP contribution in [0.5, 0.6) is 6.01 Å². The standard InChI is InChI=1S/C21H25ClN6O3/c1-12-16(8-14(22)9-23-12)19(29)25-15-6-4-13(5-7-15)11-28-17-10-24-20(31-3)26-18(17)27(2)21(28)30/h8-10,13,15H,4-7,11H2,1-3H3,(H,25,29). The van der Waals surface area contributed by atoms with Crippen LogP contribution in [-0.4, -0.2) is 43.1 Å². The molecule has 0 spiro atoms. The van der Waals surface area contributed by atoms with Gasteiger partial charge in [0, 0.05) is 25.8 Å². The lowest BCUT2D eigenvalue weighted by Gasteiger charge is -2.29. The SMILES string of the molecule is COc1ncc2c(n1)n(C)c(=O)n2CC1CCC(NC(=O)c2cc(Cl)cnc2C)CC1.